The lowest BCUT2D eigenvalue weighted by atomic mass is 10.0. The van der Waals surface area contributed by atoms with Gasteiger partial charge < -0.3 is 12.4 Å². The Morgan fingerprint density at radius 3 is 2.00 bits per heavy atom. The molecule has 0 aliphatic carbocycles. The molecule has 0 aliphatic heterocycles. The molecule has 0 saturated heterocycles. The predicted molar refractivity (Wildman–Crippen MR) is 75.9 cm³/mol. The summed E-state index contributed by atoms with van der Waals surface area (Å²) < 4.78 is 40.5. The molecule has 0 bridgehead atoms. The zero-order valence-corrected chi connectivity index (χ0v) is 13.5. The Morgan fingerprint density at radius 1 is 0.950 bits per heavy atom. The van der Waals surface area contributed by atoms with Crippen molar-refractivity contribution in [3.8, 4) is 0 Å². The average molecular weight is 323 g/mol. The second kappa shape index (κ2) is 5.94. The van der Waals surface area contributed by atoms with Gasteiger partial charge in [-0.2, -0.15) is 0 Å². The van der Waals surface area contributed by atoms with Crippen LogP contribution < -0.4 is 12.4 Å². The van der Waals surface area contributed by atoms with E-state index < -0.39 is 16.0 Å². The molecule has 2 rings (SSSR count). The smallest absolute Gasteiger partial charge is 0.600 e. The minimum absolute atomic E-state index is 0. The first-order valence-electron chi connectivity index (χ1n) is 6.38. The van der Waals surface area contributed by atoms with Gasteiger partial charge in [-0.15, -0.1) is 13.2 Å². The van der Waals surface area contributed by atoms with E-state index in [-0.39, 0.29) is 24.2 Å². The lowest BCUT2D eigenvalue weighted by Gasteiger charge is -2.05. The molecule has 1 heterocycles. The fraction of sp³-hybridized carbons (Fsp3) is 0.467. The van der Waals surface area contributed by atoms with Gasteiger partial charge in [-0.1, -0.05) is 33.8 Å². The zero-order valence-electron chi connectivity index (χ0n) is 11.9. The Labute approximate surface area is 126 Å². The summed E-state index contributed by atoms with van der Waals surface area (Å²) in [5.41, 5.74) is -3.21. The molecule has 5 heteroatoms. The summed E-state index contributed by atoms with van der Waals surface area (Å²) in [4.78, 5) is 0.503. The third-order valence-corrected chi connectivity index (χ3v) is 5.58. The van der Waals surface area contributed by atoms with Crippen molar-refractivity contribution in [2.75, 3.05) is 0 Å². The van der Waals surface area contributed by atoms with Crippen molar-refractivity contribution in [3.05, 3.63) is 34.7 Å². The number of halogens is 4. The predicted octanol–water partition coefficient (Wildman–Crippen LogP) is 3.32. The van der Waals surface area contributed by atoms with E-state index in [1.165, 1.54) is 0 Å². The van der Waals surface area contributed by atoms with Crippen molar-refractivity contribution < 1.29 is 25.6 Å². The highest BCUT2D eigenvalue weighted by Crippen LogP contribution is 2.53. The zero-order chi connectivity index (χ0) is 14.4. The SMILES string of the molecule is CC(C)c1ccc2cc(C(C)C)[s+](C(F)(F)F)c2c1.[Cl-]. The minimum Gasteiger partial charge on any atom is -1.00 e. The monoisotopic (exact) mass is 322 g/mol. The molecule has 0 fully saturated rings. The molecule has 20 heavy (non-hydrogen) atoms. The molecule has 112 valence electrons. The quantitative estimate of drug-likeness (QED) is 0.744. The largest absolute Gasteiger partial charge is 1.00 e. The summed E-state index contributed by atoms with van der Waals surface area (Å²) in [7, 11) is -1.75. The van der Waals surface area contributed by atoms with Crippen LogP contribution >= 0.6 is 10.5 Å². The number of hydrogen-bond acceptors (Lipinski definition) is 0. The van der Waals surface area contributed by atoms with Gasteiger partial charge in [-0.25, -0.2) is 0 Å². The summed E-state index contributed by atoms with van der Waals surface area (Å²) in [6.07, 6.45) is 0. The summed E-state index contributed by atoms with van der Waals surface area (Å²) in [6, 6.07) is 7.22. The van der Waals surface area contributed by atoms with Gasteiger partial charge >= 0.3 is 5.51 Å². The van der Waals surface area contributed by atoms with Crippen molar-refractivity contribution >= 4 is 20.6 Å². The first kappa shape index (κ1) is 17.3. The van der Waals surface area contributed by atoms with Gasteiger partial charge in [0.1, 0.15) is 0 Å². The number of fused-ring (bicyclic) bond motifs is 1. The van der Waals surface area contributed by atoms with Crippen LogP contribution in [0.4, 0.5) is 13.2 Å². The maximum Gasteiger partial charge on any atom is 0.600 e. The van der Waals surface area contributed by atoms with E-state index in [1.54, 1.807) is 12.1 Å². The van der Waals surface area contributed by atoms with Crippen molar-refractivity contribution in [2.24, 2.45) is 0 Å². The molecule has 0 nitrogen and oxygen atoms in total. The first-order chi connectivity index (χ1) is 8.71. The summed E-state index contributed by atoms with van der Waals surface area (Å²) in [6.45, 7) is 7.65. The van der Waals surface area contributed by atoms with Crippen LogP contribution in [0.25, 0.3) is 10.1 Å². The molecule has 0 amide bonds. The highest BCUT2D eigenvalue weighted by Gasteiger charge is 2.48. The van der Waals surface area contributed by atoms with Gasteiger partial charge in [0.05, 0.1) is 10.5 Å². The van der Waals surface area contributed by atoms with E-state index in [9.17, 15) is 13.2 Å². The molecule has 1 aromatic heterocycles. The van der Waals surface area contributed by atoms with Crippen LogP contribution in [0.1, 0.15) is 50.0 Å². The normalized spacial score (nSPS) is 13.2. The van der Waals surface area contributed by atoms with Gasteiger partial charge in [0.15, 0.2) is 9.58 Å². The Balaban J connectivity index is 0.00000200. The standard InChI is InChI=1S/C15H18F3S.ClH/c1-9(2)11-5-6-12-8-13(10(3)4)19(14(12)7-11)15(16,17)18;/h5-10H,1-4H3;1H/q+1;/p-1. The van der Waals surface area contributed by atoms with E-state index >= 15 is 0 Å². The fourth-order valence-electron chi connectivity index (χ4n) is 2.21. The van der Waals surface area contributed by atoms with E-state index in [0.29, 0.717) is 9.58 Å². The van der Waals surface area contributed by atoms with Gasteiger partial charge in [-0.3, -0.25) is 0 Å². The maximum absolute atomic E-state index is 13.4. The third-order valence-electron chi connectivity index (χ3n) is 3.26. The number of hydrogen-bond donors (Lipinski definition) is 0. The molecular weight excluding hydrogens is 305 g/mol. The Kier molecular flexibility index (Phi) is 5.14. The molecule has 1 atom stereocenters. The first-order valence-corrected chi connectivity index (χ1v) is 7.61. The third kappa shape index (κ3) is 3.12. The second-order valence-electron chi connectivity index (χ2n) is 5.41. The van der Waals surface area contributed by atoms with Crippen LogP contribution in [0.3, 0.4) is 0 Å². The number of rotatable bonds is 2. The van der Waals surface area contributed by atoms with E-state index in [2.05, 4.69) is 0 Å². The van der Waals surface area contributed by atoms with Crippen LogP contribution in [-0.2, 0) is 5.51 Å². The Morgan fingerprint density at radius 2 is 1.55 bits per heavy atom. The van der Waals surface area contributed by atoms with Crippen LogP contribution in [0.5, 0.6) is 0 Å². The van der Waals surface area contributed by atoms with Crippen molar-refractivity contribution in [1.29, 1.82) is 0 Å². The molecule has 0 aliphatic rings. The van der Waals surface area contributed by atoms with Crippen molar-refractivity contribution in [3.63, 3.8) is 0 Å². The average Bonchev–Trinajstić information content (AvgIpc) is 2.66. The number of thiophene rings is 1. The second-order valence-corrected chi connectivity index (χ2v) is 7.39. The van der Waals surface area contributed by atoms with Gasteiger partial charge in [0, 0.05) is 23.4 Å². The molecular formula is C15H18ClF3S. The Hall–Kier alpha value is -0.740. The lowest BCUT2D eigenvalue weighted by Crippen LogP contribution is -3.00. The molecule has 2 aromatic rings. The van der Waals surface area contributed by atoms with Crippen LogP contribution in [0.15, 0.2) is 24.3 Å². The van der Waals surface area contributed by atoms with Crippen LogP contribution in [0, 0.1) is 0 Å². The van der Waals surface area contributed by atoms with Crippen LogP contribution in [-0.4, -0.2) is 0 Å². The number of alkyl halides is 3. The highest BCUT2D eigenvalue weighted by atomic mass is 35.5. The van der Waals surface area contributed by atoms with Crippen molar-refractivity contribution in [1.82, 2.24) is 0 Å². The molecule has 0 radical (unpaired) electrons. The van der Waals surface area contributed by atoms with Crippen LogP contribution in [0.2, 0.25) is 0 Å². The lowest BCUT2D eigenvalue weighted by molar-refractivity contribution is -0.0868. The summed E-state index contributed by atoms with van der Waals surface area (Å²) >= 11 is 0. The minimum atomic E-state index is -4.18. The van der Waals surface area contributed by atoms with Gasteiger partial charge in [-0.05, 0) is 17.5 Å². The van der Waals surface area contributed by atoms with Gasteiger partial charge in [0.25, 0.3) is 0 Å². The molecule has 0 saturated carbocycles. The van der Waals surface area contributed by atoms with E-state index in [0.717, 1.165) is 10.9 Å². The van der Waals surface area contributed by atoms with E-state index in [4.69, 9.17) is 0 Å². The topological polar surface area (TPSA) is 0 Å². The van der Waals surface area contributed by atoms with Gasteiger partial charge in [0.2, 0.25) is 0 Å². The fourth-order valence-corrected chi connectivity index (χ4v) is 4.31. The molecule has 1 aromatic carbocycles. The van der Waals surface area contributed by atoms with E-state index in [1.807, 2.05) is 39.8 Å². The molecule has 1 unspecified atom stereocenters. The number of benzene rings is 1. The highest BCUT2D eigenvalue weighted by molar-refractivity contribution is 7.38. The van der Waals surface area contributed by atoms with Crippen molar-refractivity contribution in [2.45, 2.75) is 45.0 Å². The summed E-state index contributed by atoms with van der Waals surface area (Å²) in [5, 5.41) is 0.730. The maximum atomic E-state index is 13.4. The molecule has 0 N–H and O–H groups in total. The summed E-state index contributed by atoms with van der Waals surface area (Å²) in [5.74, 6) is 0.159. The Bertz CT molecular complexity index is 597. The molecule has 0 spiro atoms.